The van der Waals surface area contributed by atoms with Crippen molar-refractivity contribution in [1.29, 1.82) is 0 Å². The number of amidine groups is 1. The molecule has 1 amide bonds. The fourth-order valence-corrected chi connectivity index (χ4v) is 3.09. The number of carboxylic acids is 1. The van der Waals surface area contributed by atoms with Gasteiger partial charge in [-0.2, -0.15) is 5.10 Å². The Kier molecular flexibility index (Phi) is 5.84. The molecule has 2 rings (SSSR count). The summed E-state index contributed by atoms with van der Waals surface area (Å²) in [5.41, 5.74) is 1.91. The van der Waals surface area contributed by atoms with Gasteiger partial charge >= 0.3 is 5.97 Å². The Morgan fingerprint density at radius 1 is 1.44 bits per heavy atom. The van der Waals surface area contributed by atoms with Crippen LogP contribution >= 0.6 is 11.8 Å². The standard InChI is InChI=1S/C17H21N3O4S/c1-17(2,3)11-6-5-10(12(7-11)24-4)9-18-20-16-19-15(23)13(25-16)8-14(21)22/h5-7,9,13H,8H2,1-4H3,(H,21,22)(H,19,20,23). The number of hydrogen-bond acceptors (Lipinski definition) is 6. The van der Waals surface area contributed by atoms with Gasteiger partial charge in [0.15, 0.2) is 5.17 Å². The van der Waals surface area contributed by atoms with Gasteiger partial charge in [-0.05, 0) is 23.1 Å². The van der Waals surface area contributed by atoms with E-state index >= 15 is 0 Å². The van der Waals surface area contributed by atoms with Crippen LogP contribution in [0.3, 0.4) is 0 Å². The number of rotatable bonds is 5. The number of methoxy groups -OCH3 is 1. The average molecular weight is 363 g/mol. The fraction of sp³-hybridized carbons (Fsp3) is 0.412. The molecule has 8 heteroatoms. The van der Waals surface area contributed by atoms with Crippen LogP contribution in [0.15, 0.2) is 28.4 Å². The van der Waals surface area contributed by atoms with Crippen molar-refractivity contribution in [2.45, 2.75) is 37.9 Å². The Morgan fingerprint density at radius 3 is 2.76 bits per heavy atom. The summed E-state index contributed by atoms with van der Waals surface area (Å²) in [6.45, 7) is 6.36. The normalized spacial score (nSPS) is 19.4. The maximum atomic E-state index is 11.6. The minimum Gasteiger partial charge on any atom is -0.496 e. The third-order valence-corrected chi connectivity index (χ3v) is 4.65. The summed E-state index contributed by atoms with van der Waals surface area (Å²) in [7, 11) is 1.59. The molecule has 0 radical (unpaired) electrons. The van der Waals surface area contributed by atoms with Crippen LogP contribution in [0.2, 0.25) is 0 Å². The minimum atomic E-state index is -1.03. The van der Waals surface area contributed by atoms with E-state index in [0.717, 1.165) is 22.9 Å². The summed E-state index contributed by atoms with van der Waals surface area (Å²) in [6, 6.07) is 5.87. The molecule has 0 spiro atoms. The summed E-state index contributed by atoms with van der Waals surface area (Å²) in [4.78, 5) is 22.3. The lowest BCUT2D eigenvalue weighted by atomic mass is 9.86. The molecule has 1 unspecified atom stereocenters. The molecule has 1 fully saturated rings. The molecule has 1 atom stereocenters. The van der Waals surface area contributed by atoms with Gasteiger partial charge in [0.05, 0.1) is 19.7 Å². The monoisotopic (exact) mass is 363 g/mol. The number of hydrogen-bond donors (Lipinski definition) is 2. The van der Waals surface area contributed by atoms with Crippen molar-refractivity contribution in [2.24, 2.45) is 10.2 Å². The van der Waals surface area contributed by atoms with E-state index in [-0.39, 0.29) is 22.9 Å². The molecular formula is C17H21N3O4S. The predicted octanol–water partition coefficient (Wildman–Crippen LogP) is 2.39. The molecule has 1 aromatic carbocycles. The van der Waals surface area contributed by atoms with Gasteiger partial charge in [-0.15, -0.1) is 5.10 Å². The summed E-state index contributed by atoms with van der Waals surface area (Å²) < 4.78 is 5.40. The molecule has 1 heterocycles. The largest absolute Gasteiger partial charge is 0.496 e. The lowest BCUT2D eigenvalue weighted by Crippen LogP contribution is -2.26. The maximum absolute atomic E-state index is 11.6. The first kappa shape index (κ1) is 19.0. The Balaban J connectivity index is 2.12. The number of amides is 1. The van der Waals surface area contributed by atoms with Gasteiger partial charge in [-0.3, -0.25) is 9.59 Å². The van der Waals surface area contributed by atoms with Gasteiger partial charge in [0.2, 0.25) is 5.91 Å². The highest BCUT2D eigenvalue weighted by Crippen LogP contribution is 2.28. The first-order valence-corrected chi connectivity index (χ1v) is 8.57. The first-order chi connectivity index (χ1) is 11.7. The minimum absolute atomic E-state index is 0.00705. The lowest BCUT2D eigenvalue weighted by Gasteiger charge is -2.20. The number of carbonyl (C=O) groups excluding carboxylic acids is 1. The Bertz CT molecular complexity index is 738. The summed E-state index contributed by atoms with van der Waals surface area (Å²) >= 11 is 1.06. The van der Waals surface area contributed by atoms with Crippen molar-refractivity contribution in [1.82, 2.24) is 5.32 Å². The van der Waals surface area contributed by atoms with E-state index in [4.69, 9.17) is 9.84 Å². The molecule has 1 aromatic rings. The Morgan fingerprint density at radius 2 is 2.16 bits per heavy atom. The van der Waals surface area contributed by atoms with Crippen molar-refractivity contribution >= 4 is 35.0 Å². The predicted molar refractivity (Wildman–Crippen MR) is 98.5 cm³/mol. The Labute approximate surface area is 150 Å². The van der Waals surface area contributed by atoms with E-state index in [0.29, 0.717) is 5.75 Å². The summed E-state index contributed by atoms with van der Waals surface area (Å²) in [5, 5.41) is 18.8. The van der Waals surface area contributed by atoms with E-state index < -0.39 is 11.2 Å². The highest BCUT2D eigenvalue weighted by molar-refractivity contribution is 8.15. The molecule has 0 bridgehead atoms. The second-order valence-electron chi connectivity index (χ2n) is 6.55. The third-order valence-electron chi connectivity index (χ3n) is 3.58. The highest BCUT2D eigenvalue weighted by atomic mass is 32.2. The van der Waals surface area contributed by atoms with Crippen LogP contribution in [-0.2, 0) is 15.0 Å². The second-order valence-corrected chi connectivity index (χ2v) is 7.74. The van der Waals surface area contributed by atoms with Crippen molar-refractivity contribution < 1.29 is 19.4 Å². The van der Waals surface area contributed by atoms with Crippen molar-refractivity contribution in [3.8, 4) is 5.75 Å². The van der Waals surface area contributed by atoms with Crippen LogP contribution < -0.4 is 10.1 Å². The topological polar surface area (TPSA) is 100 Å². The van der Waals surface area contributed by atoms with Gasteiger partial charge in [0.25, 0.3) is 0 Å². The van der Waals surface area contributed by atoms with E-state index in [1.54, 1.807) is 7.11 Å². The smallest absolute Gasteiger partial charge is 0.305 e. The van der Waals surface area contributed by atoms with Gasteiger partial charge in [0, 0.05) is 5.56 Å². The van der Waals surface area contributed by atoms with Gasteiger partial charge in [-0.1, -0.05) is 38.6 Å². The van der Waals surface area contributed by atoms with Crippen LogP contribution in [0.25, 0.3) is 0 Å². The number of aliphatic carboxylic acids is 1. The van der Waals surface area contributed by atoms with E-state index in [9.17, 15) is 9.59 Å². The van der Waals surface area contributed by atoms with Gasteiger partial charge in [-0.25, -0.2) is 0 Å². The zero-order valence-electron chi connectivity index (χ0n) is 14.6. The van der Waals surface area contributed by atoms with E-state index in [1.807, 2.05) is 18.2 Å². The maximum Gasteiger partial charge on any atom is 0.305 e. The molecule has 2 N–H and O–H groups in total. The fourth-order valence-electron chi connectivity index (χ4n) is 2.17. The molecule has 1 saturated heterocycles. The van der Waals surface area contributed by atoms with Crippen molar-refractivity contribution in [2.75, 3.05) is 7.11 Å². The van der Waals surface area contributed by atoms with Crippen LogP contribution in [0.1, 0.15) is 38.3 Å². The number of ether oxygens (including phenoxy) is 1. The number of benzene rings is 1. The molecule has 0 saturated carbocycles. The number of carboxylic acid groups (broad SMARTS) is 1. The van der Waals surface area contributed by atoms with Crippen LogP contribution in [0.5, 0.6) is 5.75 Å². The van der Waals surface area contributed by atoms with Crippen molar-refractivity contribution in [3.63, 3.8) is 0 Å². The molecule has 25 heavy (non-hydrogen) atoms. The van der Waals surface area contributed by atoms with Crippen LogP contribution in [0.4, 0.5) is 0 Å². The van der Waals surface area contributed by atoms with E-state index in [1.165, 1.54) is 6.21 Å². The summed E-state index contributed by atoms with van der Waals surface area (Å²) in [6.07, 6.45) is 1.29. The third kappa shape index (κ3) is 5.06. The number of nitrogens with zero attached hydrogens (tertiary/aromatic N) is 2. The van der Waals surface area contributed by atoms with Crippen LogP contribution in [0, 0.1) is 0 Å². The number of thioether (sulfide) groups is 1. The molecule has 0 aliphatic carbocycles. The molecule has 134 valence electrons. The zero-order chi connectivity index (χ0) is 18.6. The number of carbonyl (C=O) groups is 2. The van der Waals surface area contributed by atoms with Gasteiger partial charge in [0.1, 0.15) is 11.0 Å². The van der Waals surface area contributed by atoms with E-state index in [2.05, 4.69) is 36.3 Å². The average Bonchev–Trinajstić information content (AvgIpc) is 2.85. The number of nitrogens with one attached hydrogen (secondary N) is 1. The van der Waals surface area contributed by atoms with Crippen molar-refractivity contribution in [3.05, 3.63) is 29.3 Å². The molecule has 1 aliphatic rings. The molecular weight excluding hydrogens is 342 g/mol. The molecule has 7 nitrogen and oxygen atoms in total. The SMILES string of the molecule is COc1cc(C(C)(C)C)ccc1C=NN=C1NC(=O)C(CC(=O)O)S1. The molecule has 1 aliphatic heterocycles. The zero-order valence-corrected chi connectivity index (χ0v) is 15.4. The molecule has 0 aromatic heterocycles. The second kappa shape index (κ2) is 7.69. The van der Waals surface area contributed by atoms with Crippen LogP contribution in [-0.4, -0.2) is 40.7 Å². The first-order valence-electron chi connectivity index (χ1n) is 7.69. The summed E-state index contributed by atoms with van der Waals surface area (Å²) in [5.74, 6) is -0.710. The quantitative estimate of drug-likeness (QED) is 0.618. The Hall–Kier alpha value is -2.35. The highest BCUT2D eigenvalue weighted by Gasteiger charge is 2.32. The lowest BCUT2D eigenvalue weighted by molar-refractivity contribution is -0.138. The van der Waals surface area contributed by atoms with Gasteiger partial charge < -0.3 is 15.2 Å².